The number of nitrogens with zero attached hydrogens (tertiary/aromatic N) is 4. The zero-order valence-corrected chi connectivity index (χ0v) is 15.0. The van der Waals surface area contributed by atoms with Gasteiger partial charge in [-0.1, -0.05) is 53.6 Å². The van der Waals surface area contributed by atoms with Crippen molar-refractivity contribution in [3.05, 3.63) is 88.8 Å². The highest BCUT2D eigenvalue weighted by Crippen LogP contribution is 2.31. The molecule has 0 unspecified atom stereocenters. The van der Waals surface area contributed by atoms with E-state index in [2.05, 4.69) is 25.9 Å². The normalized spacial score (nSPS) is 11.0. The largest absolute Gasteiger partial charge is 0.288 e. The molecular formula is C21H14N6O2. The number of fused-ring (bicyclic) bond motifs is 2. The van der Waals surface area contributed by atoms with Gasteiger partial charge in [0.05, 0.1) is 5.52 Å². The lowest BCUT2D eigenvalue weighted by atomic mass is 9.96. The third-order valence-corrected chi connectivity index (χ3v) is 4.77. The maximum Gasteiger partial charge on any atom is 0.270 e. The molecule has 2 N–H and O–H groups in total. The molecule has 0 fully saturated rings. The maximum atomic E-state index is 13.0. The van der Waals surface area contributed by atoms with Crippen LogP contribution in [-0.2, 0) is 0 Å². The average molecular weight is 382 g/mol. The second-order valence-corrected chi connectivity index (χ2v) is 6.45. The van der Waals surface area contributed by atoms with Crippen molar-refractivity contribution in [3.63, 3.8) is 0 Å². The van der Waals surface area contributed by atoms with Gasteiger partial charge in [-0.05, 0) is 39.7 Å². The van der Waals surface area contributed by atoms with Crippen molar-refractivity contribution in [1.82, 2.24) is 25.0 Å². The number of tetrazole rings is 1. The third-order valence-electron chi connectivity index (χ3n) is 4.77. The molecule has 0 spiro atoms. The van der Waals surface area contributed by atoms with E-state index in [1.54, 1.807) is 18.3 Å². The van der Waals surface area contributed by atoms with Gasteiger partial charge >= 0.3 is 0 Å². The van der Waals surface area contributed by atoms with E-state index < -0.39 is 11.5 Å². The van der Waals surface area contributed by atoms with Gasteiger partial charge in [0.15, 0.2) is 0 Å². The van der Waals surface area contributed by atoms with Gasteiger partial charge in [0.25, 0.3) is 17.4 Å². The number of nitrogens with one attached hydrogen (secondary N) is 2. The van der Waals surface area contributed by atoms with E-state index in [1.807, 2.05) is 54.6 Å². The molecule has 29 heavy (non-hydrogen) atoms. The summed E-state index contributed by atoms with van der Waals surface area (Å²) in [4.78, 5) is 25.8. The molecule has 8 heteroatoms. The predicted octanol–water partition coefficient (Wildman–Crippen LogP) is 2.89. The summed E-state index contributed by atoms with van der Waals surface area (Å²) in [5.41, 5.74) is 1.98. The third kappa shape index (κ3) is 2.83. The van der Waals surface area contributed by atoms with Crippen molar-refractivity contribution in [2.75, 3.05) is 5.32 Å². The molecule has 3 aromatic heterocycles. The lowest BCUT2D eigenvalue weighted by molar-refractivity contribution is 0.102. The molecule has 0 atom stereocenters. The minimum absolute atomic E-state index is 0.000676. The van der Waals surface area contributed by atoms with Crippen molar-refractivity contribution in [1.29, 1.82) is 0 Å². The number of anilines is 1. The number of aromatic amines is 1. The van der Waals surface area contributed by atoms with Crippen LogP contribution in [0.5, 0.6) is 0 Å². The zero-order valence-electron chi connectivity index (χ0n) is 15.0. The van der Waals surface area contributed by atoms with Gasteiger partial charge in [-0.3, -0.25) is 19.3 Å². The molecule has 0 aliphatic heterocycles. The smallest absolute Gasteiger partial charge is 0.270 e. The van der Waals surface area contributed by atoms with Crippen LogP contribution in [0.3, 0.4) is 0 Å². The number of hydrogen-bond donors (Lipinski definition) is 2. The Labute approximate surface area is 163 Å². The minimum atomic E-state index is -0.601. The van der Waals surface area contributed by atoms with Crippen LogP contribution >= 0.6 is 0 Å². The van der Waals surface area contributed by atoms with Crippen LogP contribution in [0, 0.1) is 0 Å². The number of amides is 1. The number of hydrogen-bond acceptors (Lipinski definition) is 5. The zero-order chi connectivity index (χ0) is 19.8. The topological polar surface area (TPSA) is 105 Å². The number of benzene rings is 2. The number of H-pyrrole nitrogens is 1. The van der Waals surface area contributed by atoms with Crippen LogP contribution < -0.4 is 10.9 Å². The van der Waals surface area contributed by atoms with Gasteiger partial charge in [0.2, 0.25) is 0 Å². The van der Waals surface area contributed by atoms with Crippen molar-refractivity contribution in [3.8, 4) is 11.1 Å². The van der Waals surface area contributed by atoms with E-state index in [0.29, 0.717) is 5.52 Å². The lowest BCUT2D eigenvalue weighted by Crippen LogP contribution is -2.26. The van der Waals surface area contributed by atoms with E-state index in [4.69, 9.17) is 0 Å². The van der Waals surface area contributed by atoms with E-state index in [9.17, 15) is 9.59 Å². The van der Waals surface area contributed by atoms with Crippen LogP contribution in [0.2, 0.25) is 0 Å². The quantitative estimate of drug-likeness (QED) is 0.499. The Kier molecular flexibility index (Phi) is 3.87. The van der Waals surface area contributed by atoms with Gasteiger partial charge in [-0.15, -0.1) is 5.10 Å². The Bertz CT molecular complexity index is 1420. The van der Waals surface area contributed by atoms with Crippen molar-refractivity contribution < 1.29 is 4.79 Å². The summed E-state index contributed by atoms with van der Waals surface area (Å²) in [6.45, 7) is 0. The van der Waals surface area contributed by atoms with E-state index in [-0.39, 0.29) is 11.5 Å². The molecule has 0 saturated heterocycles. The molecule has 0 radical (unpaired) electrons. The van der Waals surface area contributed by atoms with Crippen molar-refractivity contribution in [2.24, 2.45) is 0 Å². The van der Waals surface area contributed by atoms with Gasteiger partial charge in [-0.2, -0.15) is 5.21 Å². The highest BCUT2D eigenvalue weighted by atomic mass is 16.2. The molecule has 8 nitrogen and oxygen atoms in total. The molecule has 5 aromatic rings. The summed E-state index contributed by atoms with van der Waals surface area (Å²) >= 11 is 0. The molecule has 5 rings (SSSR count). The number of pyridine rings is 2. The SMILES string of the molecule is O=C(Nc1nn[nH]n1)c1cc(-c2cccc3ccccc23)c2ccccn2c1=O. The van der Waals surface area contributed by atoms with E-state index in [0.717, 1.165) is 21.9 Å². The molecule has 0 bridgehead atoms. The number of aromatic nitrogens is 5. The fourth-order valence-electron chi connectivity index (χ4n) is 3.47. The van der Waals surface area contributed by atoms with Crippen LogP contribution in [0.4, 0.5) is 5.95 Å². The summed E-state index contributed by atoms with van der Waals surface area (Å²) in [6, 6.07) is 21.1. The molecule has 0 saturated carbocycles. The van der Waals surface area contributed by atoms with Crippen LogP contribution in [0.25, 0.3) is 27.4 Å². The Hall–Kier alpha value is -4.33. The summed E-state index contributed by atoms with van der Waals surface area (Å²) in [5.74, 6) is -0.601. The summed E-state index contributed by atoms with van der Waals surface area (Å²) in [5, 5.41) is 17.7. The fraction of sp³-hybridized carbons (Fsp3) is 0. The van der Waals surface area contributed by atoms with Gasteiger partial charge in [0.1, 0.15) is 5.56 Å². The summed E-state index contributed by atoms with van der Waals surface area (Å²) in [7, 11) is 0. The molecule has 0 aliphatic rings. The Balaban J connectivity index is 1.78. The Morgan fingerprint density at radius 2 is 1.79 bits per heavy atom. The molecule has 3 heterocycles. The van der Waals surface area contributed by atoms with Crippen LogP contribution in [0.1, 0.15) is 10.4 Å². The standard InChI is InChI=1S/C21H14N6O2/c28-19(22-21-23-25-26-24-21)17-12-16(18-10-3-4-11-27(18)20(17)29)15-9-5-7-13-6-1-2-8-14(13)15/h1-12H,(H2,22,23,24,25,26,28). The van der Waals surface area contributed by atoms with Crippen LogP contribution in [-0.4, -0.2) is 30.9 Å². The highest BCUT2D eigenvalue weighted by Gasteiger charge is 2.18. The molecule has 1 amide bonds. The Morgan fingerprint density at radius 3 is 2.66 bits per heavy atom. The van der Waals surface area contributed by atoms with E-state index >= 15 is 0 Å². The van der Waals surface area contributed by atoms with Crippen molar-refractivity contribution >= 4 is 28.1 Å². The van der Waals surface area contributed by atoms with Gasteiger partial charge in [0, 0.05) is 11.8 Å². The number of carbonyl (C=O) groups is 1. The van der Waals surface area contributed by atoms with Gasteiger partial charge in [-0.25, -0.2) is 0 Å². The molecular weight excluding hydrogens is 368 g/mol. The highest BCUT2D eigenvalue weighted by molar-refractivity contribution is 6.06. The summed E-state index contributed by atoms with van der Waals surface area (Å²) in [6.07, 6.45) is 1.65. The first-order chi connectivity index (χ1) is 14.2. The minimum Gasteiger partial charge on any atom is -0.288 e. The monoisotopic (exact) mass is 382 g/mol. The molecule has 140 valence electrons. The van der Waals surface area contributed by atoms with Gasteiger partial charge < -0.3 is 0 Å². The van der Waals surface area contributed by atoms with E-state index in [1.165, 1.54) is 4.40 Å². The molecule has 2 aromatic carbocycles. The Morgan fingerprint density at radius 1 is 0.966 bits per heavy atom. The second kappa shape index (κ2) is 6.68. The van der Waals surface area contributed by atoms with Crippen molar-refractivity contribution in [2.45, 2.75) is 0 Å². The maximum absolute atomic E-state index is 13.0. The summed E-state index contributed by atoms with van der Waals surface area (Å²) < 4.78 is 1.47. The first kappa shape index (κ1) is 16.8. The lowest BCUT2D eigenvalue weighted by Gasteiger charge is -2.13. The fourth-order valence-corrected chi connectivity index (χ4v) is 3.47. The average Bonchev–Trinajstić information content (AvgIpc) is 3.27. The second-order valence-electron chi connectivity index (χ2n) is 6.45. The predicted molar refractivity (Wildman–Crippen MR) is 109 cm³/mol. The first-order valence-corrected chi connectivity index (χ1v) is 8.90. The number of carbonyl (C=O) groups excluding carboxylic acids is 1. The number of rotatable bonds is 3. The first-order valence-electron chi connectivity index (χ1n) is 8.90. The molecule has 0 aliphatic carbocycles. The van der Waals surface area contributed by atoms with Crippen LogP contribution in [0.15, 0.2) is 77.7 Å².